The van der Waals surface area contributed by atoms with E-state index in [0.29, 0.717) is 22.7 Å². The van der Waals surface area contributed by atoms with E-state index in [1.807, 2.05) is 30.5 Å². The molecule has 0 saturated heterocycles. The van der Waals surface area contributed by atoms with Crippen LogP contribution in [0.25, 0.3) is 93.4 Å². The zero-order valence-corrected chi connectivity index (χ0v) is 62.0. The summed E-state index contributed by atoms with van der Waals surface area (Å²) < 4.78 is 63.0. The topological polar surface area (TPSA) is 186 Å². The molecule has 0 aliphatic carbocycles. The van der Waals surface area contributed by atoms with Crippen LogP contribution >= 0.6 is 0 Å². The highest BCUT2D eigenvalue weighted by Gasteiger charge is 2.21. The van der Waals surface area contributed by atoms with Crippen LogP contribution in [0.1, 0.15) is 81.5 Å². The van der Waals surface area contributed by atoms with Gasteiger partial charge in [0.1, 0.15) is 0 Å². The molecule has 18 heteroatoms. The van der Waals surface area contributed by atoms with Gasteiger partial charge in [-0.25, -0.2) is 16.8 Å². The van der Waals surface area contributed by atoms with E-state index in [0.717, 1.165) is 76.5 Å². The zero-order chi connectivity index (χ0) is 74.1. The summed E-state index contributed by atoms with van der Waals surface area (Å²) in [6.45, 7) is 13.5. The summed E-state index contributed by atoms with van der Waals surface area (Å²) in [5, 5.41) is 27.3. The molecule has 16 nitrogen and oxygen atoms in total. The Hall–Kier alpha value is -12.6. The van der Waals surface area contributed by atoms with Gasteiger partial charge in [-0.1, -0.05) is 143 Å². The number of hydrogen-bond acceptors (Lipinski definition) is 12. The number of hydrazone groups is 4. The van der Waals surface area contributed by atoms with Crippen molar-refractivity contribution in [1.82, 2.24) is 18.3 Å². The molecule has 0 fully saturated rings. The molecule has 0 aliphatic heterocycles. The Balaban J connectivity index is 0.000000173. The summed E-state index contributed by atoms with van der Waals surface area (Å²) >= 11 is 0. The van der Waals surface area contributed by atoms with Crippen LogP contribution < -0.4 is 21.7 Å². The number of sulfone groups is 2. The highest BCUT2D eigenvalue weighted by Crippen LogP contribution is 2.35. The Labute approximate surface area is 628 Å². The lowest BCUT2D eigenvalue weighted by Gasteiger charge is -2.08. The largest absolute Gasteiger partial charge is 0.341 e. The summed E-state index contributed by atoms with van der Waals surface area (Å²) in [5.41, 5.74) is 28.3. The number of unbranched alkanes of at least 4 members (excludes halogenated alkanes) is 4. The molecule has 4 N–H and O–H groups in total. The molecule has 0 amide bonds. The zero-order valence-electron chi connectivity index (χ0n) is 60.4. The Morgan fingerprint density at radius 1 is 0.306 bits per heavy atom. The molecule has 0 radical (unpaired) electrons. The monoisotopic (exact) mass is 1460 g/mol. The van der Waals surface area contributed by atoms with Crippen molar-refractivity contribution in [1.29, 1.82) is 0 Å². The smallest absolute Gasteiger partial charge is 0.206 e. The summed E-state index contributed by atoms with van der Waals surface area (Å²) in [4.78, 5) is 0.804. The normalized spacial score (nSPS) is 12.2. The number of para-hydroxylation sites is 4. The molecule has 12 aromatic carbocycles. The van der Waals surface area contributed by atoms with Crippen molar-refractivity contribution in [2.45, 2.75) is 98.5 Å². The summed E-state index contributed by atoms with van der Waals surface area (Å²) in [7, 11) is -7.45. The van der Waals surface area contributed by atoms with Crippen LogP contribution in [0.2, 0.25) is 0 Å². The maximum absolute atomic E-state index is 13.5. The molecule has 4 heterocycles. The SMILES string of the molecule is C=Cn1c2ccccc2c2cc(/C=N/Nc3ccc(S(=O)(=O)c4ccc(N/N=C/c5ccc6c(c5)c5ccccc5n6CC)cc4)cc3)ccc21.CCCCCn1c2ccccc2c2cc(/C=N/Nc3ccc(S(=O)(=O)c4ccc(N/N=C/c5ccc6c(c5)c5ccccc5n6CCCCC)cc4)cc3)ccc21. The summed E-state index contributed by atoms with van der Waals surface area (Å²) in [6, 6.07) is 85.6. The fraction of sp³-hybridized carbons (Fsp3) is 0.133. The molecule has 16 aromatic rings. The van der Waals surface area contributed by atoms with E-state index in [-0.39, 0.29) is 19.6 Å². The first-order valence-corrected chi connectivity index (χ1v) is 39.6. The van der Waals surface area contributed by atoms with E-state index in [9.17, 15) is 16.8 Å². The molecule has 16 rings (SSSR count). The highest BCUT2D eigenvalue weighted by molar-refractivity contribution is 7.91. The third-order valence-corrected chi connectivity index (χ3v) is 23.5. The Morgan fingerprint density at radius 3 is 0.880 bits per heavy atom. The van der Waals surface area contributed by atoms with Crippen LogP contribution in [-0.4, -0.2) is 60.0 Å². The minimum Gasteiger partial charge on any atom is -0.341 e. The van der Waals surface area contributed by atoms with E-state index in [2.05, 4.69) is 233 Å². The first kappa shape index (κ1) is 71.0. The number of anilines is 4. The molecule has 108 heavy (non-hydrogen) atoms. The van der Waals surface area contributed by atoms with E-state index in [1.54, 1.807) is 122 Å². The van der Waals surface area contributed by atoms with Gasteiger partial charge >= 0.3 is 0 Å². The van der Waals surface area contributed by atoms with Crippen molar-refractivity contribution in [3.05, 3.63) is 296 Å². The summed E-state index contributed by atoms with van der Waals surface area (Å²) in [6.07, 6.45) is 16.0. The molecule has 0 bridgehead atoms. The molecule has 0 aliphatic rings. The Morgan fingerprint density at radius 2 is 0.565 bits per heavy atom. The average Bonchev–Trinajstić information content (AvgIpc) is 1.61. The number of hydrogen-bond donors (Lipinski definition) is 4. The second kappa shape index (κ2) is 31.6. The van der Waals surface area contributed by atoms with E-state index in [1.165, 1.54) is 91.1 Å². The lowest BCUT2D eigenvalue weighted by atomic mass is 10.1. The number of aryl methyl sites for hydroxylation is 3. The van der Waals surface area contributed by atoms with Crippen molar-refractivity contribution >= 4 is 161 Å². The number of fused-ring (bicyclic) bond motifs is 12. The predicted octanol–water partition coefficient (Wildman–Crippen LogP) is 21.8. The molecule has 0 saturated carbocycles. The third-order valence-electron chi connectivity index (χ3n) is 19.9. The predicted molar refractivity (Wildman–Crippen MR) is 450 cm³/mol. The van der Waals surface area contributed by atoms with Crippen molar-refractivity contribution in [2.24, 2.45) is 20.4 Å². The number of nitrogens with one attached hydrogen (secondary N) is 4. The summed E-state index contributed by atoms with van der Waals surface area (Å²) in [5.74, 6) is 0. The second-order valence-corrected chi connectivity index (χ2v) is 30.7. The van der Waals surface area contributed by atoms with Crippen LogP contribution in [0.4, 0.5) is 22.7 Å². The molecule has 0 atom stereocenters. The van der Waals surface area contributed by atoms with Gasteiger partial charge in [0, 0.05) is 102 Å². The van der Waals surface area contributed by atoms with E-state index < -0.39 is 19.7 Å². The first-order chi connectivity index (χ1) is 52.9. The molecule has 538 valence electrons. The van der Waals surface area contributed by atoms with Crippen LogP contribution in [0.5, 0.6) is 0 Å². The van der Waals surface area contributed by atoms with Crippen molar-refractivity contribution in [3.8, 4) is 0 Å². The molecular formula is C90H82N12O4S2. The van der Waals surface area contributed by atoms with Crippen molar-refractivity contribution in [2.75, 3.05) is 21.7 Å². The highest BCUT2D eigenvalue weighted by atomic mass is 32.2. The van der Waals surface area contributed by atoms with Gasteiger partial charge < -0.3 is 18.3 Å². The molecule has 0 spiro atoms. The number of benzene rings is 12. The Bertz CT molecular complexity index is 6180. The van der Waals surface area contributed by atoms with Gasteiger partial charge in [-0.2, -0.15) is 20.4 Å². The Kier molecular flexibility index (Phi) is 20.8. The fourth-order valence-electron chi connectivity index (χ4n) is 14.4. The van der Waals surface area contributed by atoms with Crippen molar-refractivity contribution < 1.29 is 16.8 Å². The van der Waals surface area contributed by atoms with Gasteiger partial charge in [0.2, 0.25) is 19.7 Å². The maximum atomic E-state index is 13.5. The van der Waals surface area contributed by atoms with Crippen LogP contribution in [0.15, 0.2) is 313 Å². The van der Waals surface area contributed by atoms with E-state index >= 15 is 0 Å². The van der Waals surface area contributed by atoms with Crippen LogP contribution in [-0.2, 0) is 39.3 Å². The van der Waals surface area contributed by atoms with Gasteiger partial charge in [-0.3, -0.25) is 21.7 Å². The fourth-order valence-corrected chi connectivity index (χ4v) is 17.0. The minimum absolute atomic E-state index is 0.194. The molecule has 4 aromatic heterocycles. The second-order valence-electron chi connectivity index (χ2n) is 26.8. The average molecular weight is 1460 g/mol. The number of rotatable bonds is 26. The van der Waals surface area contributed by atoms with Gasteiger partial charge in [0.15, 0.2) is 0 Å². The lowest BCUT2D eigenvalue weighted by Crippen LogP contribution is -2.02. The van der Waals surface area contributed by atoms with E-state index in [4.69, 9.17) is 0 Å². The van der Waals surface area contributed by atoms with Crippen molar-refractivity contribution in [3.63, 3.8) is 0 Å². The number of aromatic nitrogens is 4. The van der Waals surface area contributed by atoms with Gasteiger partial charge in [0.25, 0.3) is 0 Å². The quantitative estimate of drug-likeness (QED) is 0.0234. The van der Waals surface area contributed by atoms with Crippen LogP contribution in [0.3, 0.4) is 0 Å². The van der Waals surface area contributed by atoms with Gasteiger partial charge in [-0.15, -0.1) is 0 Å². The third kappa shape index (κ3) is 14.6. The maximum Gasteiger partial charge on any atom is 0.206 e. The lowest BCUT2D eigenvalue weighted by molar-refractivity contribution is 0.594. The number of nitrogens with zero attached hydrogens (tertiary/aromatic N) is 8. The van der Waals surface area contributed by atoms with Crippen LogP contribution in [0, 0.1) is 0 Å². The molecule has 0 unspecified atom stereocenters. The standard InChI is InChI=1S/C48H48N6O2S.C42H34N6O2S/c1-3-5-11-29-53-45-15-9-7-13-41(45)43-31-35(17-27-47(43)53)33-49-51-37-19-23-39(24-20-37)57(55,56)40-25-21-38(22-26-40)52-50-34-36-18-28-48-44(32-36)42-14-8-10-16-46(42)54(48)30-12-6-4-2;1-3-47-39-11-7-5-9-35(39)37-25-29(13-23-41(37)47)27-43-45-31-15-19-33(20-16-31)51(49,50)34-21-17-32(18-22-34)46-44-28-30-14-24-42-38(26-30)36-10-6-8-12-40(36)48(42)4-2/h7-10,13-28,31-34,51-52H,3-6,11-12,29-30H2,1-2H3;3,5-28,45-46H,1,4H2,2H3/b49-33+,50-34+;43-27+,44-28+. The molecular weight excluding hydrogens is 1380 g/mol. The van der Waals surface area contributed by atoms with Gasteiger partial charge in [0.05, 0.1) is 78.2 Å². The first-order valence-electron chi connectivity index (χ1n) is 36.6. The minimum atomic E-state index is -3.72. The van der Waals surface area contributed by atoms with Gasteiger partial charge in [-0.05, 0) is 212 Å².